The molecule has 0 saturated carbocycles. The quantitative estimate of drug-likeness (QED) is 0.902. The molecule has 0 unspecified atom stereocenters. The molecule has 1 heterocycles. The van der Waals surface area contributed by atoms with Gasteiger partial charge in [0.05, 0.1) is 13.2 Å². The lowest BCUT2D eigenvalue weighted by molar-refractivity contribution is -0.141. The van der Waals surface area contributed by atoms with Crippen LogP contribution in [0.15, 0.2) is 18.2 Å². The molecule has 1 aliphatic heterocycles. The second kappa shape index (κ2) is 6.68. The van der Waals surface area contributed by atoms with Crippen LogP contribution in [0, 0.1) is 0 Å². The van der Waals surface area contributed by atoms with E-state index >= 15 is 0 Å². The van der Waals surface area contributed by atoms with Gasteiger partial charge in [0.15, 0.2) is 11.5 Å². The number of hydrogen-bond acceptors (Lipinski definition) is 4. The van der Waals surface area contributed by atoms with E-state index in [1.807, 2.05) is 13.8 Å². The summed E-state index contributed by atoms with van der Waals surface area (Å²) in [7, 11) is 1.51. The molecule has 1 saturated heterocycles. The van der Waals surface area contributed by atoms with Gasteiger partial charge < -0.3 is 19.5 Å². The fraction of sp³-hybridized carbons (Fsp3) is 0.500. The molecule has 1 aromatic carbocycles. The van der Waals surface area contributed by atoms with Crippen LogP contribution in [-0.4, -0.2) is 47.7 Å². The molecule has 0 aromatic heterocycles. The van der Waals surface area contributed by atoms with E-state index in [2.05, 4.69) is 0 Å². The van der Waals surface area contributed by atoms with Crippen LogP contribution in [0.3, 0.4) is 0 Å². The Bertz CT molecular complexity index is 570. The molecule has 1 N–H and O–H groups in total. The number of hydrogen-bond donors (Lipinski definition) is 1. The summed E-state index contributed by atoms with van der Waals surface area (Å²) >= 11 is 0. The second-order valence-corrected chi connectivity index (χ2v) is 5.53. The van der Waals surface area contributed by atoms with Crippen LogP contribution in [0.4, 0.5) is 0 Å². The molecule has 22 heavy (non-hydrogen) atoms. The Morgan fingerprint density at radius 2 is 2.05 bits per heavy atom. The first-order valence-electron chi connectivity index (χ1n) is 7.32. The molecule has 2 rings (SSSR count). The summed E-state index contributed by atoms with van der Waals surface area (Å²) in [6.07, 6.45) is 1.19. The topological polar surface area (TPSA) is 76.1 Å². The van der Waals surface area contributed by atoms with Crippen LogP contribution < -0.4 is 9.47 Å². The molecule has 1 fully saturated rings. The Morgan fingerprint density at radius 3 is 2.64 bits per heavy atom. The molecule has 1 aliphatic rings. The monoisotopic (exact) mass is 307 g/mol. The molecule has 1 aromatic rings. The average Bonchev–Trinajstić information content (AvgIpc) is 2.96. The van der Waals surface area contributed by atoms with Gasteiger partial charge in [-0.2, -0.15) is 0 Å². The maximum absolute atomic E-state index is 12.5. The summed E-state index contributed by atoms with van der Waals surface area (Å²) in [6, 6.07) is 4.17. The van der Waals surface area contributed by atoms with Crippen molar-refractivity contribution in [1.29, 1.82) is 0 Å². The molecule has 0 aliphatic carbocycles. The number of benzene rings is 1. The maximum Gasteiger partial charge on any atom is 0.326 e. The van der Waals surface area contributed by atoms with E-state index in [4.69, 9.17) is 9.47 Å². The number of rotatable bonds is 5. The number of carboxylic acid groups (broad SMARTS) is 1. The number of ether oxygens (including phenoxy) is 2. The van der Waals surface area contributed by atoms with E-state index in [1.54, 1.807) is 18.2 Å². The summed E-state index contributed by atoms with van der Waals surface area (Å²) in [5, 5.41) is 9.18. The van der Waals surface area contributed by atoms with E-state index in [1.165, 1.54) is 12.0 Å². The van der Waals surface area contributed by atoms with Gasteiger partial charge in [0.1, 0.15) is 6.04 Å². The van der Waals surface area contributed by atoms with Gasteiger partial charge in [0.2, 0.25) is 0 Å². The highest BCUT2D eigenvalue weighted by Crippen LogP contribution is 2.30. The van der Waals surface area contributed by atoms with E-state index < -0.39 is 12.0 Å². The highest BCUT2D eigenvalue weighted by atomic mass is 16.5. The molecule has 6 heteroatoms. The summed E-state index contributed by atoms with van der Waals surface area (Å²) in [5.74, 6) is -0.229. The molecule has 1 amide bonds. The molecule has 0 spiro atoms. The summed E-state index contributed by atoms with van der Waals surface area (Å²) < 4.78 is 10.9. The Kier molecular flexibility index (Phi) is 4.90. The lowest BCUT2D eigenvalue weighted by Gasteiger charge is -2.22. The van der Waals surface area contributed by atoms with Crippen molar-refractivity contribution in [2.45, 2.75) is 38.8 Å². The molecule has 1 atom stereocenters. The number of methoxy groups -OCH3 is 1. The van der Waals surface area contributed by atoms with Crippen LogP contribution in [0.2, 0.25) is 0 Å². The summed E-state index contributed by atoms with van der Waals surface area (Å²) in [5.41, 5.74) is 0.404. The minimum atomic E-state index is -0.961. The number of carbonyl (C=O) groups excluding carboxylic acids is 1. The van der Waals surface area contributed by atoms with Gasteiger partial charge in [-0.15, -0.1) is 0 Å². The fourth-order valence-corrected chi connectivity index (χ4v) is 2.58. The average molecular weight is 307 g/mol. The van der Waals surface area contributed by atoms with Gasteiger partial charge in [-0.1, -0.05) is 0 Å². The van der Waals surface area contributed by atoms with E-state index in [9.17, 15) is 14.7 Å². The van der Waals surface area contributed by atoms with Gasteiger partial charge in [0.25, 0.3) is 5.91 Å². The van der Waals surface area contributed by atoms with Crippen molar-refractivity contribution in [3.8, 4) is 11.5 Å². The maximum atomic E-state index is 12.5. The van der Waals surface area contributed by atoms with Crippen LogP contribution in [0.25, 0.3) is 0 Å². The smallest absolute Gasteiger partial charge is 0.326 e. The standard InChI is InChI=1S/C16H21NO5/c1-10(2)22-13-7-6-11(9-14(13)21-3)15(18)17-8-4-5-12(17)16(19)20/h6-7,9-10,12H,4-5,8H2,1-3H3,(H,19,20)/t12-/m0/s1. The predicted octanol–water partition coefficient (Wildman–Crippen LogP) is 2.17. The third-order valence-electron chi connectivity index (χ3n) is 3.57. The van der Waals surface area contributed by atoms with Crippen molar-refractivity contribution >= 4 is 11.9 Å². The molecule has 120 valence electrons. The Balaban J connectivity index is 2.25. The third-order valence-corrected chi connectivity index (χ3v) is 3.57. The molecule has 0 bridgehead atoms. The van der Waals surface area contributed by atoms with Gasteiger partial charge in [-0.05, 0) is 44.9 Å². The molecular weight excluding hydrogens is 286 g/mol. The number of aliphatic carboxylic acids is 1. The first-order valence-corrected chi connectivity index (χ1v) is 7.32. The lowest BCUT2D eigenvalue weighted by Crippen LogP contribution is -2.40. The number of carbonyl (C=O) groups is 2. The molecular formula is C16H21NO5. The van der Waals surface area contributed by atoms with Crippen molar-refractivity contribution < 1.29 is 24.2 Å². The van der Waals surface area contributed by atoms with Gasteiger partial charge in [0, 0.05) is 12.1 Å². The van der Waals surface area contributed by atoms with Crippen LogP contribution in [0.5, 0.6) is 11.5 Å². The number of carboxylic acids is 1. The normalized spacial score (nSPS) is 17.6. The van der Waals surface area contributed by atoms with Crippen LogP contribution in [0.1, 0.15) is 37.0 Å². The van der Waals surface area contributed by atoms with Gasteiger partial charge in [-0.3, -0.25) is 4.79 Å². The highest BCUT2D eigenvalue weighted by molar-refractivity contribution is 5.97. The number of likely N-dealkylation sites (tertiary alicyclic amines) is 1. The van der Waals surface area contributed by atoms with Crippen LogP contribution >= 0.6 is 0 Å². The highest BCUT2D eigenvalue weighted by Gasteiger charge is 2.34. The van der Waals surface area contributed by atoms with Crippen molar-refractivity contribution in [2.75, 3.05) is 13.7 Å². The molecule has 0 radical (unpaired) electrons. The van der Waals surface area contributed by atoms with Crippen molar-refractivity contribution in [3.63, 3.8) is 0 Å². The largest absolute Gasteiger partial charge is 0.493 e. The fourth-order valence-electron chi connectivity index (χ4n) is 2.58. The Labute approximate surface area is 129 Å². The summed E-state index contributed by atoms with van der Waals surface area (Å²) in [6.45, 7) is 4.27. The van der Waals surface area contributed by atoms with E-state index in [0.717, 1.165) is 0 Å². The Morgan fingerprint density at radius 1 is 1.32 bits per heavy atom. The Hall–Kier alpha value is -2.24. The second-order valence-electron chi connectivity index (χ2n) is 5.53. The van der Waals surface area contributed by atoms with Crippen molar-refractivity contribution in [2.24, 2.45) is 0 Å². The zero-order valence-corrected chi connectivity index (χ0v) is 13.0. The lowest BCUT2D eigenvalue weighted by atomic mass is 10.1. The van der Waals surface area contributed by atoms with E-state index in [-0.39, 0.29) is 12.0 Å². The minimum absolute atomic E-state index is 0.00887. The SMILES string of the molecule is COc1cc(C(=O)N2CCC[C@H]2C(=O)O)ccc1OC(C)C. The van der Waals surface area contributed by atoms with Gasteiger partial charge in [-0.25, -0.2) is 4.79 Å². The summed E-state index contributed by atoms with van der Waals surface area (Å²) in [4.78, 5) is 25.1. The number of nitrogens with zero attached hydrogens (tertiary/aromatic N) is 1. The zero-order chi connectivity index (χ0) is 16.3. The first kappa shape index (κ1) is 16.1. The van der Waals surface area contributed by atoms with Crippen molar-refractivity contribution in [1.82, 2.24) is 4.90 Å². The minimum Gasteiger partial charge on any atom is -0.493 e. The van der Waals surface area contributed by atoms with E-state index in [0.29, 0.717) is 36.4 Å². The molecule has 6 nitrogen and oxygen atoms in total. The van der Waals surface area contributed by atoms with Crippen molar-refractivity contribution in [3.05, 3.63) is 23.8 Å². The number of amides is 1. The third kappa shape index (κ3) is 3.32. The van der Waals surface area contributed by atoms with Gasteiger partial charge >= 0.3 is 5.97 Å². The first-order chi connectivity index (χ1) is 10.4. The van der Waals surface area contributed by atoms with Crippen LogP contribution in [-0.2, 0) is 4.79 Å². The zero-order valence-electron chi connectivity index (χ0n) is 13.0. The predicted molar refractivity (Wildman–Crippen MR) is 80.5 cm³/mol.